The third-order valence-electron chi connectivity index (χ3n) is 2.84. The van der Waals surface area contributed by atoms with E-state index in [1.165, 1.54) is 0 Å². The van der Waals surface area contributed by atoms with Crippen molar-refractivity contribution < 1.29 is 9.90 Å². The molecule has 102 valence electrons. The number of hydrogen-bond donors (Lipinski definition) is 2. The van der Waals surface area contributed by atoms with E-state index in [1.54, 1.807) is 42.9 Å². The van der Waals surface area contributed by atoms with Crippen LogP contribution in [0.4, 0.5) is 0 Å². The van der Waals surface area contributed by atoms with Crippen molar-refractivity contribution in [3.63, 3.8) is 0 Å². The molecule has 0 saturated heterocycles. The highest BCUT2D eigenvalue weighted by molar-refractivity contribution is 5.94. The molecule has 2 aromatic rings. The lowest BCUT2D eigenvalue weighted by molar-refractivity contribution is 0.0955. The van der Waals surface area contributed by atoms with E-state index in [1.807, 2.05) is 13.8 Å². The van der Waals surface area contributed by atoms with E-state index >= 15 is 0 Å². The Bertz CT molecular complexity index is 628. The molecule has 5 nitrogen and oxygen atoms in total. The van der Waals surface area contributed by atoms with E-state index in [0.29, 0.717) is 5.56 Å². The van der Waals surface area contributed by atoms with Crippen LogP contribution in [0.1, 0.15) is 27.0 Å². The molecular formula is C15H15N3O2. The van der Waals surface area contributed by atoms with Crippen LogP contribution in [-0.4, -0.2) is 22.2 Å². The SMILES string of the molecule is Cc1cc(/C=N/NC(=O)c2ccncc2)cc(C)c1O. The van der Waals surface area contributed by atoms with Crippen LogP contribution in [0.3, 0.4) is 0 Å². The molecular weight excluding hydrogens is 254 g/mol. The van der Waals surface area contributed by atoms with Crippen molar-refractivity contribution in [1.29, 1.82) is 0 Å². The minimum Gasteiger partial charge on any atom is -0.507 e. The number of pyridine rings is 1. The van der Waals surface area contributed by atoms with Gasteiger partial charge in [0.2, 0.25) is 0 Å². The van der Waals surface area contributed by atoms with Gasteiger partial charge < -0.3 is 5.11 Å². The topological polar surface area (TPSA) is 74.6 Å². The van der Waals surface area contributed by atoms with Crippen LogP contribution in [0.15, 0.2) is 41.8 Å². The van der Waals surface area contributed by atoms with E-state index in [9.17, 15) is 9.90 Å². The van der Waals surface area contributed by atoms with Crippen LogP contribution >= 0.6 is 0 Å². The van der Waals surface area contributed by atoms with Gasteiger partial charge in [-0.3, -0.25) is 9.78 Å². The molecule has 1 amide bonds. The number of amides is 1. The van der Waals surface area contributed by atoms with Crippen molar-refractivity contribution in [3.8, 4) is 5.75 Å². The standard InChI is InChI=1S/C15H15N3O2/c1-10-7-12(8-11(2)14(10)19)9-17-18-15(20)13-3-5-16-6-4-13/h3-9,19H,1-2H3,(H,18,20)/b17-9+. The molecule has 0 aliphatic heterocycles. The largest absolute Gasteiger partial charge is 0.507 e. The molecule has 0 atom stereocenters. The number of aryl methyl sites for hydroxylation is 2. The highest BCUT2D eigenvalue weighted by Gasteiger charge is 2.03. The van der Waals surface area contributed by atoms with Gasteiger partial charge in [0.05, 0.1) is 6.21 Å². The molecule has 0 bridgehead atoms. The summed E-state index contributed by atoms with van der Waals surface area (Å²) in [6.45, 7) is 3.63. The summed E-state index contributed by atoms with van der Waals surface area (Å²) >= 11 is 0. The molecule has 20 heavy (non-hydrogen) atoms. The molecule has 1 aromatic heterocycles. The molecule has 0 aliphatic carbocycles. The molecule has 0 unspecified atom stereocenters. The first-order valence-electron chi connectivity index (χ1n) is 6.11. The first-order valence-corrected chi connectivity index (χ1v) is 6.11. The van der Waals surface area contributed by atoms with Crippen LogP contribution < -0.4 is 5.43 Å². The summed E-state index contributed by atoms with van der Waals surface area (Å²) in [4.78, 5) is 15.6. The molecule has 5 heteroatoms. The van der Waals surface area contributed by atoms with E-state index in [4.69, 9.17) is 0 Å². The summed E-state index contributed by atoms with van der Waals surface area (Å²) in [6.07, 6.45) is 4.63. The van der Waals surface area contributed by atoms with E-state index in [2.05, 4.69) is 15.5 Å². The van der Waals surface area contributed by atoms with Gasteiger partial charge in [-0.05, 0) is 54.8 Å². The maximum absolute atomic E-state index is 11.7. The molecule has 2 rings (SSSR count). The summed E-state index contributed by atoms with van der Waals surface area (Å²) in [7, 11) is 0. The van der Waals surface area contributed by atoms with Gasteiger partial charge in [-0.1, -0.05) is 0 Å². The van der Waals surface area contributed by atoms with Gasteiger partial charge in [0.25, 0.3) is 5.91 Å². The lowest BCUT2D eigenvalue weighted by Crippen LogP contribution is -2.17. The minimum absolute atomic E-state index is 0.281. The molecule has 0 saturated carbocycles. The summed E-state index contributed by atoms with van der Waals surface area (Å²) in [5.74, 6) is -0.0150. The lowest BCUT2D eigenvalue weighted by atomic mass is 10.1. The molecule has 0 radical (unpaired) electrons. The van der Waals surface area contributed by atoms with Gasteiger partial charge in [-0.15, -0.1) is 0 Å². The van der Waals surface area contributed by atoms with Gasteiger partial charge in [0.1, 0.15) is 5.75 Å². The van der Waals surface area contributed by atoms with E-state index in [0.717, 1.165) is 16.7 Å². The number of nitrogens with zero attached hydrogens (tertiary/aromatic N) is 2. The zero-order valence-corrected chi connectivity index (χ0v) is 11.3. The highest BCUT2D eigenvalue weighted by atomic mass is 16.3. The van der Waals surface area contributed by atoms with E-state index in [-0.39, 0.29) is 11.7 Å². The number of carbonyl (C=O) groups excluding carboxylic acids is 1. The fourth-order valence-corrected chi connectivity index (χ4v) is 1.80. The first kappa shape index (κ1) is 13.7. The summed E-state index contributed by atoms with van der Waals surface area (Å²) in [5, 5.41) is 13.6. The van der Waals surface area contributed by atoms with Crippen LogP contribution in [0.25, 0.3) is 0 Å². The zero-order chi connectivity index (χ0) is 14.5. The molecule has 1 heterocycles. The Balaban J connectivity index is 2.06. The third-order valence-corrected chi connectivity index (χ3v) is 2.84. The second kappa shape index (κ2) is 5.97. The van der Waals surface area contributed by atoms with Gasteiger partial charge in [0, 0.05) is 18.0 Å². The Kier molecular flexibility index (Phi) is 4.10. The zero-order valence-electron chi connectivity index (χ0n) is 11.3. The predicted molar refractivity (Wildman–Crippen MR) is 76.9 cm³/mol. The number of rotatable bonds is 3. The second-order valence-corrected chi connectivity index (χ2v) is 4.44. The van der Waals surface area contributed by atoms with Crippen molar-refractivity contribution in [3.05, 3.63) is 58.9 Å². The number of nitrogens with one attached hydrogen (secondary N) is 1. The predicted octanol–water partition coefficient (Wildman–Crippen LogP) is 2.17. The lowest BCUT2D eigenvalue weighted by Gasteiger charge is -2.04. The second-order valence-electron chi connectivity index (χ2n) is 4.44. The summed E-state index contributed by atoms with van der Waals surface area (Å²) in [5.41, 5.74) is 5.29. The van der Waals surface area contributed by atoms with Gasteiger partial charge in [0.15, 0.2) is 0 Å². The number of benzene rings is 1. The monoisotopic (exact) mass is 269 g/mol. The molecule has 0 aliphatic rings. The number of aromatic hydroxyl groups is 1. The number of hydrazone groups is 1. The normalized spacial score (nSPS) is 10.7. The smallest absolute Gasteiger partial charge is 0.271 e. The van der Waals surface area contributed by atoms with Crippen LogP contribution in [0.5, 0.6) is 5.75 Å². The van der Waals surface area contributed by atoms with Crippen molar-refractivity contribution >= 4 is 12.1 Å². The van der Waals surface area contributed by atoms with Crippen molar-refractivity contribution in [2.24, 2.45) is 5.10 Å². The van der Waals surface area contributed by atoms with Crippen molar-refractivity contribution in [2.75, 3.05) is 0 Å². The van der Waals surface area contributed by atoms with Crippen LogP contribution in [-0.2, 0) is 0 Å². The Morgan fingerprint density at radius 2 is 1.85 bits per heavy atom. The number of phenolic OH excluding ortho intramolecular Hbond substituents is 1. The van der Waals surface area contributed by atoms with Crippen molar-refractivity contribution in [1.82, 2.24) is 10.4 Å². The van der Waals surface area contributed by atoms with E-state index < -0.39 is 0 Å². The average Bonchev–Trinajstić information content (AvgIpc) is 2.45. The van der Waals surface area contributed by atoms with Gasteiger partial charge in [-0.2, -0.15) is 5.10 Å². The number of hydrogen-bond acceptors (Lipinski definition) is 4. The molecule has 0 spiro atoms. The quantitative estimate of drug-likeness (QED) is 0.662. The maximum atomic E-state index is 11.7. The van der Waals surface area contributed by atoms with Crippen molar-refractivity contribution in [2.45, 2.75) is 13.8 Å². The number of carbonyl (C=O) groups is 1. The third kappa shape index (κ3) is 3.20. The Hall–Kier alpha value is -2.69. The average molecular weight is 269 g/mol. The Morgan fingerprint density at radius 3 is 2.45 bits per heavy atom. The molecule has 2 N–H and O–H groups in total. The molecule has 1 aromatic carbocycles. The maximum Gasteiger partial charge on any atom is 0.271 e. The number of aromatic nitrogens is 1. The van der Waals surface area contributed by atoms with Crippen LogP contribution in [0.2, 0.25) is 0 Å². The summed E-state index contributed by atoms with van der Waals surface area (Å²) < 4.78 is 0. The van der Waals surface area contributed by atoms with Gasteiger partial charge in [-0.25, -0.2) is 5.43 Å². The number of phenols is 1. The van der Waals surface area contributed by atoms with Crippen LogP contribution in [0, 0.1) is 13.8 Å². The Labute approximate surface area is 117 Å². The fraction of sp³-hybridized carbons (Fsp3) is 0.133. The molecule has 0 fully saturated rings. The van der Waals surface area contributed by atoms with Gasteiger partial charge >= 0.3 is 0 Å². The fourth-order valence-electron chi connectivity index (χ4n) is 1.80. The minimum atomic E-state index is -0.295. The first-order chi connectivity index (χ1) is 9.58. The Morgan fingerprint density at radius 1 is 1.25 bits per heavy atom. The summed E-state index contributed by atoms with van der Waals surface area (Å²) in [6, 6.07) is 6.81. The highest BCUT2D eigenvalue weighted by Crippen LogP contribution is 2.21.